The molecule has 4 heteroatoms. The first-order valence-electron chi connectivity index (χ1n) is 3.92. The van der Waals surface area contributed by atoms with E-state index in [0.717, 1.165) is 0 Å². The van der Waals surface area contributed by atoms with E-state index in [4.69, 9.17) is 10.00 Å². The number of carbonyl (C=O) groups excluding carboxylic acids is 1. The monoisotopic (exact) mass is 253 g/mol. The molecule has 1 aromatic rings. The molecule has 0 heterocycles. The van der Waals surface area contributed by atoms with Crippen LogP contribution >= 0.6 is 15.9 Å². The van der Waals surface area contributed by atoms with E-state index in [9.17, 15) is 4.79 Å². The van der Waals surface area contributed by atoms with E-state index in [-0.39, 0.29) is 12.2 Å². The number of carbonyl (C=O) groups is 1. The molecule has 0 aliphatic rings. The molecule has 1 rings (SSSR count). The number of methoxy groups -OCH3 is 1. The molecule has 0 fully saturated rings. The summed E-state index contributed by atoms with van der Waals surface area (Å²) in [5.41, 5.74) is 0.478. The Balaban J connectivity index is 3.07. The average Bonchev–Trinajstić information content (AvgIpc) is 2.19. The van der Waals surface area contributed by atoms with Crippen molar-refractivity contribution in [2.45, 2.75) is 6.42 Å². The zero-order valence-electron chi connectivity index (χ0n) is 7.58. The molecule has 0 N–H and O–H groups in total. The quantitative estimate of drug-likeness (QED) is 0.779. The molecule has 14 heavy (non-hydrogen) atoms. The summed E-state index contributed by atoms with van der Waals surface area (Å²) >= 11 is 3.24. The van der Waals surface area contributed by atoms with Gasteiger partial charge in [-0.25, -0.2) is 0 Å². The van der Waals surface area contributed by atoms with Gasteiger partial charge in [-0.05, 0) is 18.2 Å². The van der Waals surface area contributed by atoms with E-state index in [1.165, 1.54) is 7.11 Å². The average molecular weight is 254 g/mol. The second-order valence-electron chi connectivity index (χ2n) is 2.60. The number of nitriles is 1. The Bertz CT molecular complexity index is 396. The van der Waals surface area contributed by atoms with E-state index in [1.807, 2.05) is 6.07 Å². The maximum Gasteiger partial charge on any atom is 0.178 e. The van der Waals surface area contributed by atoms with Crippen LogP contribution in [0.2, 0.25) is 0 Å². The fourth-order valence-electron chi connectivity index (χ4n) is 1.01. The van der Waals surface area contributed by atoms with Gasteiger partial charge in [0.05, 0.1) is 19.6 Å². The van der Waals surface area contributed by atoms with Gasteiger partial charge >= 0.3 is 0 Å². The van der Waals surface area contributed by atoms with Gasteiger partial charge in [0.25, 0.3) is 0 Å². The van der Waals surface area contributed by atoms with Crippen LogP contribution in [0.15, 0.2) is 22.7 Å². The summed E-state index contributed by atoms with van der Waals surface area (Å²) in [6.07, 6.45) is -0.119. The third kappa shape index (κ3) is 2.33. The third-order valence-corrected chi connectivity index (χ3v) is 2.41. The maximum absolute atomic E-state index is 11.4. The summed E-state index contributed by atoms with van der Waals surface area (Å²) in [6, 6.07) is 6.90. The lowest BCUT2D eigenvalue weighted by atomic mass is 10.1. The third-order valence-electron chi connectivity index (χ3n) is 1.71. The molecule has 0 spiro atoms. The zero-order valence-corrected chi connectivity index (χ0v) is 9.17. The van der Waals surface area contributed by atoms with Gasteiger partial charge in [-0.1, -0.05) is 15.9 Å². The van der Waals surface area contributed by atoms with Crippen molar-refractivity contribution in [1.82, 2.24) is 0 Å². The van der Waals surface area contributed by atoms with Crippen molar-refractivity contribution in [2.24, 2.45) is 0 Å². The van der Waals surface area contributed by atoms with Crippen molar-refractivity contribution in [3.05, 3.63) is 28.2 Å². The summed E-state index contributed by atoms with van der Waals surface area (Å²) < 4.78 is 5.66. The molecule has 0 atom stereocenters. The topological polar surface area (TPSA) is 50.1 Å². The van der Waals surface area contributed by atoms with Crippen LogP contribution in [0.5, 0.6) is 5.75 Å². The van der Waals surface area contributed by atoms with Crippen molar-refractivity contribution >= 4 is 21.7 Å². The molecule has 0 aliphatic carbocycles. The Labute approximate surface area is 90.4 Å². The van der Waals surface area contributed by atoms with Crippen LogP contribution in [0.3, 0.4) is 0 Å². The van der Waals surface area contributed by atoms with Gasteiger partial charge in [0.1, 0.15) is 5.75 Å². The first-order chi connectivity index (χ1) is 6.69. The molecule has 0 radical (unpaired) electrons. The number of ether oxygens (including phenoxy) is 1. The highest BCUT2D eigenvalue weighted by Gasteiger charge is 2.10. The van der Waals surface area contributed by atoms with E-state index < -0.39 is 0 Å². The molecule has 0 bridgehead atoms. The number of ketones is 1. The van der Waals surface area contributed by atoms with Crippen molar-refractivity contribution in [2.75, 3.05) is 7.11 Å². The number of nitrogens with zero attached hydrogens (tertiary/aromatic N) is 1. The van der Waals surface area contributed by atoms with Gasteiger partial charge in [0, 0.05) is 10.0 Å². The van der Waals surface area contributed by atoms with Gasteiger partial charge in [0.15, 0.2) is 5.78 Å². The van der Waals surface area contributed by atoms with Gasteiger partial charge in [-0.2, -0.15) is 5.26 Å². The lowest BCUT2D eigenvalue weighted by molar-refractivity contribution is 0.0996. The largest absolute Gasteiger partial charge is 0.497 e. The lowest BCUT2D eigenvalue weighted by Crippen LogP contribution is -1.99. The van der Waals surface area contributed by atoms with E-state index in [1.54, 1.807) is 18.2 Å². The van der Waals surface area contributed by atoms with E-state index in [0.29, 0.717) is 15.8 Å². The Hall–Kier alpha value is -1.34. The van der Waals surface area contributed by atoms with Crippen molar-refractivity contribution in [3.8, 4) is 11.8 Å². The van der Waals surface area contributed by atoms with Crippen LogP contribution in [0.25, 0.3) is 0 Å². The molecular formula is C10H8BrNO2. The first kappa shape index (κ1) is 10.7. The summed E-state index contributed by atoms with van der Waals surface area (Å²) in [5.74, 6) is 0.396. The molecule has 0 unspecified atom stereocenters. The van der Waals surface area contributed by atoms with Crippen LogP contribution in [0.1, 0.15) is 16.8 Å². The SMILES string of the molecule is COc1ccc(Br)c(C(=O)CC#N)c1. The molecule has 0 aromatic heterocycles. The highest BCUT2D eigenvalue weighted by Crippen LogP contribution is 2.23. The van der Waals surface area contributed by atoms with Crippen LogP contribution in [-0.4, -0.2) is 12.9 Å². The predicted octanol–water partition coefficient (Wildman–Crippen LogP) is 2.55. The molecule has 72 valence electrons. The minimum atomic E-state index is -0.210. The van der Waals surface area contributed by atoms with Crippen molar-refractivity contribution in [3.63, 3.8) is 0 Å². The van der Waals surface area contributed by atoms with Crippen LogP contribution < -0.4 is 4.74 Å². The number of rotatable bonds is 3. The predicted molar refractivity (Wildman–Crippen MR) is 55.3 cm³/mol. The number of Topliss-reactive ketones (excluding diaryl/α,β-unsaturated/α-hetero) is 1. The molecule has 3 nitrogen and oxygen atoms in total. The molecular weight excluding hydrogens is 246 g/mol. The first-order valence-corrected chi connectivity index (χ1v) is 4.72. The summed E-state index contributed by atoms with van der Waals surface area (Å²) in [7, 11) is 1.53. The van der Waals surface area contributed by atoms with E-state index >= 15 is 0 Å². The Morgan fingerprint density at radius 3 is 2.93 bits per heavy atom. The molecule has 0 saturated heterocycles. The molecule has 0 aliphatic heterocycles. The normalized spacial score (nSPS) is 9.21. The minimum absolute atomic E-state index is 0.119. The summed E-state index contributed by atoms with van der Waals surface area (Å²) in [6.45, 7) is 0. The summed E-state index contributed by atoms with van der Waals surface area (Å²) in [4.78, 5) is 11.4. The smallest absolute Gasteiger partial charge is 0.178 e. The van der Waals surface area contributed by atoms with E-state index in [2.05, 4.69) is 15.9 Å². The standard InChI is InChI=1S/C10H8BrNO2/c1-14-7-2-3-9(11)8(6-7)10(13)4-5-12/h2-3,6H,4H2,1H3. The fraction of sp³-hybridized carbons (Fsp3) is 0.200. The molecule has 0 amide bonds. The molecule has 0 saturated carbocycles. The Kier molecular flexibility index (Phi) is 3.66. The summed E-state index contributed by atoms with van der Waals surface area (Å²) in [5, 5.41) is 8.40. The van der Waals surface area contributed by atoms with Gasteiger partial charge < -0.3 is 4.74 Å². The van der Waals surface area contributed by atoms with Gasteiger partial charge in [-0.15, -0.1) is 0 Å². The van der Waals surface area contributed by atoms with Crippen LogP contribution in [0.4, 0.5) is 0 Å². The van der Waals surface area contributed by atoms with Gasteiger partial charge in [0.2, 0.25) is 0 Å². The number of hydrogen-bond donors (Lipinski definition) is 0. The van der Waals surface area contributed by atoms with Crippen LogP contribution in [0, 0.1) is 11.3 Å². The van der Waals surface area contributed by atoms with Crippen molar-refractivity contribution < 1.29 is 9.53 Å². The van der Waals surface area contributed by atoms with Crippen LogP contribution in [-0.2, 0) is 0 Å². The number of hydrogen-bond acceptors (Lipinski definition) is 3. The lowest BCUT2D eigenvalue weighted by Gasteiger charge is -2.04. The van der Waals surface area contributed by atoms with Crippen molar-refractivity contribution in [1.29, 1.82) is 5.26 Å². The maximum atomic E-state index is 11.4. The second-order valence-corrected chi connectivity index (χ2v) is 3.46. The second kappa shape index (κ2) is 4.77. The highest BCUT2D eigenvalue weighted by molar-refractivity contribution is 9.10. The molecule has 1 aromatic carbocycles. The highest BCUT2D eigenvalue weighted by atomic mass is 79.9. The minimum Gasteiger partial charge on any atom is -0.497 e. The Morgan fingerprint density at radius 1 is 1.64 bits per heavy atom. The number of benzene rings is 1. The zero-order chi connectivity index (χ0) is 10.6. The Morgan fingerprint density at radius 2 is 2.36 bits per heavy atom. The number of halogens is 1. The van der Waals surface area contributed by atoms with Gasteiger partial charge in [-0.3, -0.25) is 4.79 Å². The fourth-order valence-corrected chi connectivity index (χ4v) is 1.48.